The molecule has 0 amide bonds. The van der Waals surface area contributed by atoms with Crippen LogP contribution in [0.3, 0.4) is 0 Å². The molecule has 0 spiro atoms. The van der Waals surface area contributed by atoms with E-state index in [0.29, 0.717) is 11.8 Å². The maximum absolute atomic E-state index is 12.0. The van der Waals surface area contributed by atoms with E-state index >= 15 is 0 Å². The maximum Gasteiger partial charge on any atom is 0.389 e. The molecule has 0 aliphatic heterocycles. The molecule has 0 aromatic rings. The Morgan fingerprint density at radius 3 is 2.25 bits per heavy atom. The highest BCUT2D eigenvalue weighted by Gasteiger charge is 2.44. The third-order valence-electron chi connectivity index (χ3n) is 3.38. The zero-order valence-corrected chi connectivity index (χ0v) is 6.90. The van der Waals surface area contributed by atoms with Crippen molar-refractivity contribution >= 4 is 0 Å². The topological polar surface area (TPSA) is 0 Å². The summed E-state index contributed by atoms with van der Waals surface area (Å²) >= 11 is 0. The molecule has 70 valence electrons. The van der Waals surface area contributed by atoms with Crippen molar-refractivity contribution in [3.05, 3.63) is 0 Å². The fourth-order valence-electron chi connectivity index (χ4n) is 2.92. The fraction of sp³-hybridized carbons (Fsp3) is 1.00. The van der Waals surface area contributed by atoms with Crippen LogP contribution < -0.4 is 0 Å². The molecule has 0 radical (unpaired) electrons. The van der Waals surface area contributed by atoms with Crippen LogP contribution >= 0.6 is 0 Å². The molecule has 3 atom stereocenters. The van der Waals surface area contributed by atoms with Gasteiger partial charge in [0.15, 0.2) is 0 Å². The fourth-order valence-corrected chi connectivity index (χ4v) is 2.92. The van der Waals surface area contributed by atoms with Gasteiger partial charge < -0.3 is 0 Å². The van der Waals surface area contributed by atoms with Crippen molar-refractivity contribution in [1.29, 1.82) is 0 Å². The van der Waals surface area contributed by atoms with Crippen LogP contribution in [-0.2, 0) is 0 Å². The van der Waals surface area contributed by atoms with Crippen molar-refractivity contribution in [2.75, 3.05) is 0 Å². The highest BCUT2D eigenvalue weighted by atomic mass is 19.4. The number of halogens is 3. The van der Waals surface area contributed by atoms with Crippen LogP contribution in [0, 0.1) is 17.8 Å². The molecule has 0 heterocycles. The molecule has 3 heteroatoms. The molecule has 3 unspecified atom stereocenters. The standard InChI is InChI=1S/C9H13F3/c10-9(11,12)5-8-4-6-1-2-7(8)3-6/h6-8H,1-5H2. The van der Waals surface area contributed by atoms with Crippen LogP contribution in [-0.4, -0.2) is 6.18 Å². The van der Waals surface area contributed by atoms with E-state index < -0.39 is 12.6 Å². The van der Waals surface area contributed by atoms with Gasteiger partial charge in [0.2, 0.25) is 0 Å². The Morgan fingerprint density at radius 2 is 1.83 bits per heavy atom. The summed E-state index contributed by atoms with van der Waals surface area (Å²) in [6.07, 6.45) is -0.335. The van der Waals surface area contributed by atoms with Gasteiger partial charge >= 0.3 is 6.18 Å². The first-order valence-electron chi connectivity index (χ1n) is 4.61. The van der Waals surface area contributed by atoms with E-state index in [1.807, 2.05) is 0 Å². The van der Waals surface area contributed by atoms with Crippen LogP contribution in [0.5, 0.6) is 0 Å². The Balaban J connectivity index is 1.91. The number of alkyl halides is 3. The molecule has 2 fully saturated rings. The van der Waals surface area contributed by atoms with E-state index in [1.165, 1.54) is 6.42 Å². The van der Waals surface area contributed by atoms with Crippen LogP contribution in [0.1, 0.15) is 32.1 Å². The summed E-state index contributed by atoms with van der Waals surface area (Å²) < 4.78 is 36.1. The third kappa shape index (κ3) is 1.59. The minimum Gasteiger partial charge on any atom is -0.171 e. The van der Waals surface area contributed by atoms with E-state index in [0.717, 1.165) is 19.3 Å². The molecular weight excluding hydrogens is 165 g/mol. The average molecular weight is 178 g/mol. The van der Waals surface area contributed by atoms with Crippen molar-refractivity contribution in [3.63, 3.8) is 0 Å². The summed E-state index contributed by atoms with van der Waals surface area (Å²) in [6.45, 7) is 0. The Hall–Kier alpha value is -0.210. The number of fused-ring (bicyclic) bond motifs is 2. The first-order valence-corrected chi connectivity index (χ1v) is 4.61. The lowest BCUT2D eigenvalue weighted by Gasteiger charge is -2.22. The van der Waals surface area contributed by atoms with Crippen LogP contribution in [0.4, 0.5) is 13.2 Å². The highest BCUT2D eigenvalue weighted by molar-refractivity contribution is 4.90. The van der Waals surface area contributed by atoms with Gasteiger partial charge in [0.05, 0.1) is 0 Å². The third-order valence-corrected chi connectivity index (χ3v) is 3.38. The molecule has 0 aromatic carbocycles. The summed E-state index contributed by atoms with van der Waals surface area (Å²) in [5, 5.41) is 0. The van der Waals surface area contributed by atoms with Gasteiger partial charge in [0, 0.05) is 6.42 Å². The summed E-state index contributed by atoms with van der Waals surface area (Å²) in [4.78, 5) is 0. The molecular formula is C9H13F3. The quantitative estimate of drug-likeness (QED) is 0.577. The molecule has 2 rings (SSSR count). The van der Waals surface area contributed by atoms with Gasteiger partial charge in [-0.15, -0.1) is 0 Å². The minimum atomic E-state index is -3.94. The van der Waals surface area contributed by atoms with Crippen LogP contribution in [0.25, 0.3) is 0 Å². The number of rotatable bonds is 1. The molecule has 2 bridgehead atoms. The first-order chi connectivity index (χ1) is 5.54. The van der Waals surface area contributed by atoms with Crippen molar-refractivity contribution in [1.82, 2.24) is 0 Å². The molecule has 0 saturated heterocycles. The van der Waals surface area contributed by atoms with Crippen molar-refractivity contribution in [2.24, 2.45) is 17.8 Å². The van der Waals surface area contributed by atoms with Crippen molar-refractivity contribution < 1.29 is 13.2 Å². The number of hydrogen-bond acceptors (Lipinski definition) is 0. The molecule has 2 aliphatic rings. The summed E-state index contributed by atoms with van der Waals surface area (Å²) in [6, 6.07) is 0. The minimum absolute atomic E-state index is 0.0382. The summed E-state index contributed by atoms with van der Waals surface area (Å²) in [5.74, 6) is 0.989. The zero-order chi connectivity index (χ0) is 8.77. The predicted octanol–water partition coefficient (Wildman–Crippen LogP) is 3.38. The second-order valence-corrected chi connectivity index (χ2v) is 4.25. The monoisotopic (exact) mass is 178 g/mol. The first kappa shape index (κ1) is 8.39. The van der Waals surface area contributed by atoms with Gasteiger partial charge in [-0.25, -0.2) is 0 Å². The van der Waals surface area contributed by atoms with E-state index in [4.69, 9.17) is 0 Å². The lowest BCUT2D eigenvalue weighted by atomic mass is 9.86. The average Bonchev–Trinajstić information content (AvgIpc) is 2.42. The normalized spacial score (nSPS) is 40.8. The smallest absolute Gasteiger partial charge is 0.171 e. The zero-order valence-electron chi connectivity index (χ0n) is 6.90. The van der Waals surface area contributed by atoms with Crippen LogP contribution in [0.15, 0.2) is 0 Å². The molecule has 2 saturated carbocycles. The van der Waals surface area contributed by atoms with E-state index in [2.05, 4.69) is 0 Å². The van der Waals surface area contributed by atoms with Gasteiger partial charge in [-0.1, -0.05) is 6.42 Å². The predicted molar refractivity (Wildman–Crippen MR) is 39.6 cm³/mol. The van der Waals surface area contributed by atoms with E-state index in [9.17, 15) is 13.2 Å². The highest BCUT2D eigenvalue weighted by Crippen LogP contribution is 2.51. The molecule has 0 nitrogen and oxygen atoms in total. The SMILES string of the molecule is FC(F)(F)CC1CC2CCC1C2. The summed E-state index contributed by atoms with van der Waals surface area (Å²) in [7, 11) is 0. The van der Waals surface area contributed by atoms with E-state index in [1.54, 1.807) is 0 Å². The van der Waals surface area contributed by atoms with Gasteiger partial charge in [0.1, 0.15) is 0 Å². The summed E-state index contributed by atoms with van der Waals surface area (Å²) in [5.41, 5.74) is 0. The van der Waals surface area contributed by atoms with Gasteiger partial charge in [-0.2, -0.15) is 13.2 Å². The lowest BCUT2D eigenvalue weighted by molar-refractivity contribution is -0.147. The molecule has 0 N–H and O–H groups in total. The van der Waals surface area contributed by atoms with Gasteiger partial charge in [-0.3, -0.25) is 0 Å². The van der Waals surface area contributed by atoms with Crippen molar-refractivity contribution in [2.45, 2.75) is 38.3 Å². The van der Waals surface area contributed by atoms with E-state index in [-0.39, 0.29) is 5.92 Å². The number of hydrogen-bond donors (Lipinski definition) is 0. The maximum atomic E-state index is 12.0. The Bertz CT molecular complexity index is 173. The Morgan fingerprint density at radius 1 is 1.08 bits per heavy atom. The van der Waals surface area contributed by atoms with Gasteiger partial charge in [-0.05, 0) is 37.0 Å². The Labute approximate surface area is 70.1 Å². The second-order valence-electron chi connectivity index (χ2n) is 4.25. The second kappa shape index (κ2) is 2.64. The lowest BCUT2D eigenvalue weighted by Crippen LogP contribution is -2.19. The van der Waals surface area contributed by atoms with Gasteiger partial charge in [0.25, 0.3) is 0 Å². The Kier molecular flexibility index (Phi) is 1.85. The molecule has 12 heavy (non-hydrogen) atoms. The largest absolute Gasteiger partial charge is 0.389 e. The van der Waals surface area contributed by atoms with Crippen LogP contribution in [0.2, 0.25) is 0 Å². The van der Waals surface area contributed by atoms with Crippen molar-refractivity contribution in [3.8, 4) is 0 Å². The molecule has 0 aromatic heterocycles. The molecule has 2 aliphatic carbocycles.